The number of esters is 1. The Kier molecular flexibility index (Phi) is 5.16. The summed E-state index contributed by atoms with van der Waals surface area (Å²) in [6.45, 7) is 3.37. The maximum Gasteiger partial charge on any atom is 0.330 e. The maximum atomic E-state index is 13.2. The average molecular weight is 401 g/mol. The first-order chi connectivity index (χ1) is 12.2. The van der Waals surface area contributed by atoms with Gasteiger partial charge in [-0.2, -0.15) is 0 Å². The molecule has 2 heterocycles. The van der Waals surface area contributed by atoms with Crippen LogP contribution >= 0.6 is 23.4 Å². The van der Waals surface area contributed by atoms with Crippen LogP contribution in [0.25, 0.3) is 0 Å². The Hall–Kier alpha value is -1.80. The number of fused-ring (bicyclic) bond motifs is 1. The first-order valence-electron chi connectivity index (χ1n) is 8.14. The molecule has 1 aromatic rings. The minimum atomic E-state index is -1.07. The van der Waals surface area contributed by atoms with Gasteiger partial charge in [0.1, 0.15) is 11.9 Å². The number of anilines is 1. The molecule has 0 radical (unpaired) electrons. The van der Waals surface area contributed by atoms with Gasteiger partial charge in [-0.05, 0) is 38.5 Å². The van der Waals surface area contributed by atoms with Gasteiger partial charge in [0.2, 0.25) is 5.91 Å². The fourth-order valence-electron chi connectivity index (χ4n) is 3.12. The van der Waals surface area contributed by atoms with E-state index in [4.69, 9.17) is 16.3 Å². The third-order valence-electron chi connectivity index (χ3n) is 4.57. The number of nitrogens with one attached hydrogen (secondary N) is 1. The lowest BCUT2D eigenvalue weighted by Crippen LogP contribution is -2.48. The quantitative estimate of drug-likeness (QED) is 0.786. The van der Waals surface area contributed by atoms with E-state index in [1.165, 1.54) is 19.1 Å². The summed E-state index contributed by atoms with van der Waals surface area (Å²) in [6, 6.07) is 3.07. The van der Waals surface area contributed by atoms with Gasteiger partial charge < -0.3 is 15.0 Å². The van der Waals surface area contributed by atoms with Gasteiger partial charge in [-0.1, -0.05) is 11.6 Å². The van der Waals surface area contributed by atoms with Gasteiger partial charge in [0.15, 0.2) is 6.10 Å². The highest BCUT2D eigenvalue weighted by Crippen LogP contribution is 2.47. The summed E-state index contributed by atoms with van der Waals surface area (Å²) >= 11 is 7.22. The number of amides is 2. The van der Waals surface area contributed by atoms with Crippen LogP contribution in [0.1, 0.15) is 26.7 Å². The predicted octanol–water partition coefficient (Wildman–Crippen LogP) is 2.80. The van der Waals surface area contributed by atoms with Crippen LogP contribution in [0.2, 0.25) is 5.02 Å². The Bertz CT molecular complexity index is 777. The van der Waals surface area contributed by atoms with Crippen LogP contribution in [-0.2, 0) is 19.1 Å². The lowest BCUT2D eigenvalue weighted by molar-refractivity contribution is -0.160. The number of ether oxygens (including phenoxy) is 1. The standard InChI is InChI=1S/C17H18ClFN2O4S/c1-9(15(23)20-10-3-4-12(19)11(18)7-10)25-16(24)13-8-26-17(2)6-5-14(22)21(13)17/h3-4,7,9,13H,5-6,8H2,1-2H3,(H,20,23)/t9-,13-,17-/m0/s1. The molecule has 0 unspecified atom stereocenters. The maximum absolute atomic E-state index is 13.2. The number of hydrogen-bond acceptors (Lipinski definition) is 5. The topological polar surface area (TPSA) is 75.7 Å². The largest absolute Gasteiger partial charge is 0.451 e. The Morgan fingerprint density at radius 3 is 2.92 bits per heavy atom. The molecule has 9 heteroatoms. The van der Waals surface area contributed by atoms with Crippen molar-refractivity contribution in [1.82, 2.24) is 4.90 Å². The zero-order valence-corrected chi connectivity index (χ0v) is 15.8. The molecule has 3 rings (SSSR count). The molecule has 140 valence electrons. The summed E-state index contributed by atoms with van der Waals surface area (Å²) in [5.74, 6) is -1.39. The highest BCUT2D eigenvalue weighted by Gasteiger charge is 2.53. The molecule has 2 amide bonds. The number of rotatable bonds is 4. The van der Waals surface area contributed by atoms with Crippen LogP contribution in [-0.4, -0.2) is 45.5 Å². The summed E-state index contributed by atoms with van der Waals surface area (Å²) in [7, 11) is 0. The molecule has 2 fully saturated rings. The Balaban J connectivity index is 1.61. The molecule has 6 nitrogen and oxygen atoms in total. The van der Waals surface area contributed by atoms with Gasteiger partial charge in [0.05, 0.1) is 9.89 Å². The Morgan fingerprint density at radius 1 is 1.50 bits per heavy atom. The fraction of sp³-hybridized carbons (Fsp3) is 0.471. The minimum Gasteiger partial charge on any atom is -0.451 e. The van der Waals surface area contributed by atoms with Crippen molar-refractivity contribution in [3.8, 4) is 0 Å². The third-order valence-corrected chi connectivity index (χ3v) is 6.36. The van der Waals surface area contributed by atoms with Crippen LogP contribution in [0, 0.1) is 5.82 Å². The van der Waals surface area contributed by atoms with Gasteiger partial charge in [-0.15, -0.1) is 11.8 Å². The van der Waals surface area contributed by atoms with Crippen molar-refractivity contribution >= 4 is 46.8 Å². The fourth-order valence-corrected chi connectivity index (χ4v) is 4.72. The predicted molar refractivity (Wildman–Crippen MR) is 96.3 cm³/mol. The summed E-state index contributed by atoms with van der Waals surface area (Å²) in [5, 5.41) is 2.39. The second-order valence-corrected chi connectivity index (χ2v) is 8.37. The molecular formula is C17H18ClFN2O4S. The van der Waals surface area contributed by atoms with Crippen molar-refractivity contribution in [2.24, 2.45) is 0 Å². The molecule has 1 N–H and O–H groups in total. The van der Waals surface area contributed by atoms with Crippen LogP contribution < -0.4 is 5.32 Å². The van der Waals surface area contributed by atoms with Gasteiger partial charge in [0, 0.05) is 17.9 Å². The minimum absolute atomic E-state index is 0.0718. The van der Waals surface area contributed by atoms with Crippen LogP contribution in [0.5, 0.6) is 0 Å². The van der Waals surface area contributed by atoms with Crippen molar-refractivity contribution in [3.63, 3.8) is 0 Å². The van der Waals surface area contributed by atoms with Crippen LogP contribution in [0.4, 0.5) is 10.1 Å². The Morgan fingerprint density at radius 2 is 2.23 bits per heavy atom. The Labute approximate surface area is 159 Å². The lowest BCUT2D eigenvalue weighted by atomic mass is 10.2. The third kappa shape index (κ3) is 3.53. The second-order valence-electron chi connectivity index (χ2n) is 6.46. The van der Waals surface area contributed by atoms with E-state index in [2.05, 4.69) is 5.32 Å². The van der Waals surface area contributed by atoms with Crippen molar-refractivity contribution in [2.75, 3.05) is 11.1 Å². The van der Waals surface area contributed by atoms with E-state index in [1.54, 1.807) is 16.7 Å². The summed E-state index contributed by atoms with van der Waals surface area (Å²) in [4.78, 5) is 37.9. The van der Waals surface area contributed by atoms with E-state index in [9.17, 15) is 18.8 Å². The van der Waals surface area contributed by atoms with E-state index in [-0.39, 0.29) is 15.8 Å². The van der Waals surface area contributed by atoms with Gasteiger partial charge in [-0.3, -0.25) is 9.59 Å². The van der Waals surface area contributed by atoms with Crippen molar-refractivity contribution < 1.29 is 23.5 Å². The smallest absolute Gasteiger partial charge is 0.330 e. The van der Waals surface area contributed by atoms with Gasteiger partial charge in [-0.25, -0.2) is 9.18 Å². The zero-order valence-electron chi connectivity index (χ0n) is 14.3. The van der Waals surface area contributed by atoms with Crippen molar-refractivity contribution in [3.05, 3.63) is 29.0 Å². The summed E-state index contributed by atoms with van der Waals surface area (Å²) in [6.07, 6.45) is 0.0388. The highest BCUT2D eigenvalue weighted by molar-refractivity contribution is 8.01. The number of hydrogen-bond donors (Lipinski definition) is 1. The van der Waals surface area contributed by atoms with Gasteiger partial charge in [0.25, 0.3) is 5.91 Å². The molecule has 2 aliphatic rings. The first-order valence-corrected chi connectivity index (χ1v) is 9.50. The molecule has 0 aromatic heterocycles. The van der Waals surface area contributed by atoms with E-state index in [0.29, 0.717) is 24.3 Å². The molecule has 0 bridgehead atoms. The zero-order chi connectivity index (χ0) is 19.1. The van der Waals surface area contributed by atoms with Gasteiger partial charge >= 0.3 is 5.97 Å². The van der Waals surface area contributed by atoms with Crippen LogP contribution in [0.15, 0.2) is 18.2 Å². The summed E-state index contributed by atoms with van der Waals surface area (Å²) < 4.78 is 18.4. The van der Waals surface area contributed by atoms with E-state index >= 15 is 0 Å². The molecule has 26 heavy (non-hydrogen) atoms. The van der Waals surface area contributed by atoms with E-state index in [0.717, 1.165) is 6.07 Å². The van der Waals surface area contributed by atoms with Crippen LogP contribution in [0.3, 0.4) is 0 Å². The lowest BCUT2D eigenvalue weighted by Gasteiger charge is -2.29. The number of carbonyl (C=O) groups excluding carboxylic acids is 3. The number of nitrogens with zero attached hydrogens (tertiary/aromatic N) is 1. The molecule has 0 spiro atoms. The first kappa shape index (κ1) is 19.0. The molecule has 2 saturated heterocycles. The molecule has 2 aliphatic heterocycles. The average Bonchev–Trinajstić information content (AvgIpc) is 3.07. The summed E-state index contributed by atoms with van der Waals surface area (Å²) in [5.41, 5.74) is 0.294. The number of carbonyl (C=O) groups is 3. The SMILES string of the molecule is C[C@H](OC(=O)[C@@H]1CS[C@@]2(C)CCC(=O)N12)C(=O)Nc1ccc(F)c(Cl)c1. The van der Waals surface area contributed by atoms with E-state index in [1.807, 2.05) is 6.92 Å². The molecule has 0 aliphatic carbocycles. The molecule has 1 aromatic carbocycles. The second kappa shape index (κ2) is 7.08. The number of benzene rings is 1. The number of halogens is 2. The monoisotopic (exact) mass is 400 g/mol. The van der Waals surface area contributed by atoms with Crippen molar-refractivity contribution in [1.29, 1.82) is 0 Å². The van der Waals surface area contributed by atoms with Crippen molar-refractivity contribution in [2.45, 2.75) is 43.7 Å². The normalized spacial score (nSPS) is 25.8. The highest BCUT2D eigenvalue weighted by atomic mass is 35.5. The van der Waals surface area contributed by atoms with E-state index < -0.39 is 29.8 Å². The molecular weight excluding hydrogens is 383 g/mol. The number of thioether (sulfide) groups is 1. The molecule has 0 saturated carbocycles. The molecule has 3 atom stereocenters.